The van der Waals surface area contributed by atoms with Crippen LogP contribution in [0.25, 0.3) is 0 Å². The number of carbonyl (C=O) groups is 1. The Labute approximate surface area is 104 Å². The monoisotopic (exact) mass is 252 g/mol. The Balaban J connectivity index is 2.20. The number of nitrogens with one attached hydrogen (secondary N) is 2. The minimum absolute atomic E-state index is 0.000602. The van der Waals surface area contributed by atoms with Gasteiger partial charge >= 0.3 is 6.03 Å². The van der Waals surface area contributed by atoms with Crippen LogP contribution in [-0.2, 0) is 5.54 Å². The third-order valence-electron chi connectivity index (χ3n) is 3.88. The second-order valence-corrected chi connectivity index (χ2v) is 5.00. The van der Waals surface area contributed by atoms with Crippen molar-refractivity contribution in [3.05, 3.63) is 29.3 Å². The van der Waals surface area contributed by atoms with Crippen LogP contribution in [0.5, 0.6) is 0 Å². The summed E-state index contributed by atoms with van der Waals surface area (Å²) in [7, 11) is 0. The summed E-state index contributed by atoms with van der Waals surface area (Å²) in [4.78, 5) is 11.7. The Bertz CT molecular complexity index is 510. The van der Waals surface area contributed by atoms with E-state index in [2.05, 4.69) is 10.6 Å². The molecule has 1 aromatic carbocycles. The van der Waals surface area contributed by atoms with Crippen LogP contribution < -0.4 is 10.6 Å². The lowest BCUT2D eigenvalue weighted by atomic mass is 9.75. The van der Waals surface area contributed by atoms with Crippen molar-refractivity contribution in [1.29, 1.82) is 0 Å². The van der Waals surface area contributed by atoms with E-state index in [-0.39, 0.29) is 11.3 Å². The molecule has 0 saturated heterocycles. The molecule has 1 saturated carbocycles. The molecule has 1 heterocycles. The second-order valence-electron chi connectivity index (χ2n) is 5.00. The molecule has 96 valence electrons. The van der Waals surface area contributed by atoms with Gasteiger partial charge < -0.3 is 10.6 Å². The van der Waals surface area contributed by atoms with E-state index in [9.17, 15) is 13.6 Å². The van der Waals surface area contributed by atoms with E-state index in [4.69, 9.17) is 0 Å². The molecule has 18 heavy (non-hydrogen) atoms. The number of halogens is 2. The molecule has 1 aliphatic carbocycles. The third-order valence-corrected chi connectivity index (χ3v) is 3.88. The molecule has 1 aliphatic heterocycles. The minimum Gasteiger partial charge on any atom is -0.328 e. The fourth-order valence-corrected chi connectivity index (χ4v) is 3.10. The van der Waals surface area contributed by atoms with Crippen molar-refractivity contribution < 1.29 is 13.6 Å². The number of carbonyl (C=O) groups excluding carboxylic acids is 1. The van der Waals surface area contributed by atoms with Crippen LogP contribution in [0.15, 0.2) is 12.1 Å². The van der Waals surface area contributed by atoms with Gasteiger partial charge in [0.1, 0.15) is 11.6 Å². The highest BCUT2D eigenvalue weighted by atomic mass is 19.1. The molecule has 2 aliphatic rings. The molecule has 2 N–H and O–H groups in total. The van der Waals surface area contributed by atoms with E-state index in [0.717, 1.165) is 31.4 Å². The lowest BCUT2D eigenvalue weighted by molar-refractivity contribution is 0.204. The third kappa shape index (κ3) is 1.57. The molecule has 1 aromatic rings. The van der Waals surface area contributed by atoms with Gasteiger partial charge in [-0.05, 0) is 25.0 Å². The van der Waals surface area contributed by atoms with Crippen molar-refractivity contribution in [2.45, 2.75) is 37.6 Å². The van der Waals surface area contributed by atoms with Gasteiger partial charge in [0.2, 0.25) is 0 Å². The first-order valence-corrected chi connectivity index (χ1v) is 6.20. The highest BCUT2D eigenvalue weighted by Gasteiger charge is 2.43. The normalized spacial score (nSPS) is 21.1. The van der Waals surface area contributed by atoms with E-state index in [1.54, 1.807) is 0 Å². The highest BCUT2D eigenvalue weighted by Crippen LogP contribution is 2.44. The molecule has 0 radical (unpaired) electrons. The van der Waals surface area contributed by atoms with Crippen molar-refractivity contribution in [2.75, 3.05) is 5.32 Å². The van der Waals surface area contributed by atoms with Gasteiger partial charge in [-0.25, -0.2) is 13.6 Å². The first-order valence-electron chi connectivity index (χ1n) is 6.20. The van der Waals surface area contributed by atoms with Crippen LogP contribution in [-0.4, -0.2) is 6.03 Å². The van der Waals surface area contributed by atoms with E-state index in [1.807, 2.05) is 0 Å². The molecular weight excluding hydrogens is 238 g/mol. The predicted octanol–water partition coefficient (Wildman–Crippen LogP) is 3.26. The number of fused-ring (bicyclic) bond motifs is 2. The number of hydrogen-bond donors (Lipinski definition) is 2. The van der Waals surface area contributed by atoms with Crippen LogP contribution in [0.3, 0.4) is 0 Å². The molecule has 3 nitrogen and oxygen atoms in total. The fraction of sp³-hybridized carbons (Fsp3) is 0.462. The van der Waals surface area contributed by atoms with Crippen LogP contribution in [0.4, 0.5) is 19.3 Å². The van der Waals surface area contributed by atoms with Crippen molar-refractivity contribution in [3.63, 3.8) is 0 Å². The van der Waals surface area contributed by atoms with Crippen molar-refractivity contribution in [2.24, 2.45) is 0 Å². The van der Waals surface area contributed by atoms with Crippen LogP contribution in [0, 0.1) is 11.6 Å². The maximum absolute atomic E-state index is 14.0. The van der Waals surface area contributed by atoms with Gasteiger partial charge in [0, 0.05) is 5.56 Å². The lowest BCUT2D eigenvalue weighted by Gasteiger charge is -2.42. The van der Waals surface area contributed by atoms with Gasteiger partial charge in [-0.15, -0.1) is 0 Å². The van der Waals surface area contributed by atoms with E-state index in [1.165, 1.54) is 0 Å². The molecule has 0 unspecified atom stereocenters. The van der Waals surface area contributed by atoms with Crippen LogP contribution in [0.1, 0.15) is 37.7 Å². The van der Waals surface area contributed by atoms with Crippen molar-refractivity contribution in [1.82, 2.24) is 5.32 Å². The summed E-state index contributed by atoms with van der Waals surface area (Å²) in [6.45, 7) is 0. The molecule has 0 aromatic heterocycles. The van der Waals surface area contributed by atoms with Crippen LogP contribution >= 0.6 is 0 Å². The van der Waals surface area contributed by atoms with Gasteiger partial charge in [-0.1, -0.05) is 19.3 Å². The van der Waals surface area contributed by atoms with Crippen molar-refractivity contribution >= 4 is 11.7 Å². The number of urea groups is 1. The Morgan fingerprint density at radius 2 is 1.72 bits per heavy atom. The Hall–Kier alpha value is -1.65. The van der Waals surface area contributed by atoms with Gasteiger partial charge in [0.15, 0.2) is 0 Å². The summed E-state index contributed by atoms with van der Waals surface area (Å²) >= 11 is 0. The molecule has 1 fully saturated rings. The van der Waals surface area contributed by atoms with Gasteiger partial charge in [0.05, 0.1) is 11.2 Å². The van der Waals surface area contributed by atoms with Crippen molar-refractivity contribution in [3.8, 4) is 0 Å². The average molecular weight is 252 g/mol. The number of anilines is 1. The summed E-state index contributed by atoms with van der Waals surface area (Å²) in [5.74, 6) is -1.04. The minimum atomic E-state index is -0.734. The maximum Gasteiger partial charge on any atom is 0.320 e. The zero-order valence-corrected chi connectivity index (χ0v) is 9.85. The quantitative estimate of drug-likeness (QED) is 0.731. The maximum atomic E-state index is 14.0. The zero-order valence-electron chi connectivity index (χ0n) is 9.85. The highest BCUT2D eigenvalue weighted by molar-refractivity contribution is 5.94. The van der Waals surface area contributed by atoms with E-state index < -0.39 is 23.2 Å². The fourth-order valence-electron chi connectivity index (χ4n) is 3.10. The number of benzene rings is 1. The molecule has 2 amide bonds. The van der Waals surface area contributed by atoms with Gasteiger partial charge in [0.25, 0.3) is 0 Å². The Morgan fingerprint density at radius 1 is 1.06 bits per heavy atom. The first-order chi connectivity index (χ1) is 8.62. The second kappa shape index (κ2) is 3.93. The largest absolute Gasteiger partial charge is 0.328 e. The summed E-state index contributed by atoms with van der Waals surface area (Å²) in [5.41, 5.74) is -0.454. The number of hydrogen-bond acceptors (Lipinski definition) is 1. The molecule has 5 heteroatoms. The average Bonchev–Trinajstić information content (AvgIpc) is 2.34. The Kier molecular flexibility index (Phi) is 2.50. The standard InChI is InChI=1S/C13H14F2N2O/c14-8-4-5-9(15)11-10(8)13(17-12(18)16-11)6-2-1-3-7-13/h4-5H,1-3,6-7H2,(H2,16,17,18). The summed E-state index contributed by atoms with van der Waals surface area (Å²) in [5, 5.41) is 5.17. The Morgan fingerprint density at radius 3 is 2.44 bits per heavy atom. The van der Waals surface area contributed by atoms with E-state index >= 15 is 0 Å². The summed E-state index contributed by atoms with van der Waals surface area (Å²) < 4.78 is 27.8. The SMILES string of the molecule is O=C1Nc2c(F)ccc(F)c2C2(CCCCC2)N1. The van der Waals surface area contributed by atoms with Crippen LogP contribution in [0.2, 0.25) is 0 Å². The number of amides is 2. The zero-order chi connectivity index (χ0) is 12.8. The molecule has 0 bridgehead atoms. The first kappa shape index (κ1) is 11.4. The molecule has 0 atom stereocenters. The van der Waals surface area contributed by atoms with E-state index in [0.29, 0.717) is 12.8 Å². The molecule has 1 spiro atoms. The van der Waals surface area contributed by atoms with Gasteiger partial charge in [-0.3, -0.25) is 0 Å². The number of rotatable bonds is 0. The smallest absolute Gasteiger partial charge is 0.320 e. The molecule has 3 rings (SSSR count). The topological polar surface area (TPSA) is 41.1 Å². The lowest BCUT2D eigenvalue weighted by Crippen LogP contribution is -2.53. The summed E-state index contributed by atoms with van der Waals surface area (Å²) in [6, 6.07) is 1.73. The predicted molar refractivity (Wildman–Crippen MR) is 63.3 cm³/mol. The summed E-state index contributed by atoms with van der Waals surface area (Å²) in [6.07, 6.45) is 4.21. The van der Waals surface area contributed by atoms with Gasteiger partial charge in [-0.2, -0.15) is 0 Å². The molecular formula is C13H14F2N2O.